The summed E-state index contributed by atoms with van der Waals surface area (Å²) in [6.07, 6.45) is 2.52. The van der Waals surface area contributed by atoms with Gasteiger partial charge in [-0.2, -0.15) is 0 Å². The average molecular weight is 304 g/mol. The van der Waals surface area contributed by atoms with E-state index >= 15 is 0 Å². The van der Waals surface area contributed by atoms with Gasteiger partial charge in [0.25, 0.3) is 5.91 Å². The van der Waals surface area contributed by atoms with Gasteiger partial charge in [-0.25, -0.2) is 0 Å². The van der Waals surface area contributed by atoms with Gasteiger partial charge < -0.3 is 20.7 Å². The maximum Gasteiger partial charge on any atom is 0.251 e. The Morgan fingerprint density at radius 1 is 1.32 bits per heavy atom. The molecule has 1 unspecified atom stereocenters. The van der Waals surface area contributed by atoms with E-state index in [4.69, 9.17) is 4.74 Å². The molecule has 6 nitrogen and oxygen atoms in total. The second-order valence-corrected chi connectivity index (χ2v) is 5.22. The quantitative estimate of drug-likeness (QED) is 0.558. The Hall–Kier alpha value is -2.08. The highest BCUT2D eigenvalue weighted by Crippen LogP contribution is 2.10. The second kappa shape index (κ2) is 8.38. The van der Waals surface area contributed by atoms with Gasteiger partial charge in [-0.15, -0.1) is 0 Å². The Bertz CT molecular complexity index is 507. The fourth-order valence-corrected chi connectivity index (χ4v) is 2.34. The van der Waals surface area contributed by atoms with Gasteiger partial charge in [0.1, 0.15) is 0 Å². The van der Waals surface area contributed by atoms with Crippen molar-refractivity contribution in [3.8, 4) is 0 Å². The van der Waals surface area contributed by atoms with Crippen molar-refractivity contribution in [2.24, 2.45) is 4.99 Å². The molecule has 1 heterocycles. The number of carbonyl (C=O) groups excluding carboxylic acids is 1. The highest BCUT2D eigenvalue weighted by atomic mass is 16.5. The molecule has 1 saturated heterocycles. The maximum absolute atomic E-state index is 11.5. The first-order chi connectivity index (χ1) is 10.7. The third-order valence-electron chi connectivity index (χ3n) is 3.65. The molecule has 0 aromatic heterocycles. The number of carbonyl (C=O) groups is 1. The van der Waals surface area contributed by atoms with Crippen LogP contribution in [0.1, 0.15) is 28.8 Å². The van der Waals surface area contributed by atoms with Crippen LogP contribution in [-0.2, 0) is 11.3 Å². The van der Waals surface area contributed by atoms with Crippen molar-refractivity contribution in [1.82, 2.24) is 16.0 Å². The van der Waals surface area contributed by atoms with E-state index in [1.807, 2.05) is 24.3 Å². The van der Waals surface area contributed by atoms with Crippen LogP contribution in [0.5, 0.6) is 0 Å². The number of ether oxygens (including phenoxy) is 1. The van der Waals surface area contributed by atoms with E-state index in [1.54, 1.807) is 14.1 Å². The van der Waals surface area contributed by atoms with E-state index in [0.29, 0.717) is 12.1 Å². The van der Waals surface area contributed by atoms with Gasteiger partial charge in [0.15, 0.2) is 5.96 Å². The lowest BCUT2D eigenvalue weighted by atomic mass is 10.1. The van der Waals surface area contributed by atoms with Crippen molar-refractivity contribution < 1.29 is 9.53 Å². The minimum Gasteiger partial charge on any atom is -0.376 e. The van der Waals surface area contributed by atoms with Crippen LogP contribution in [0.2, 0.25) is 0 Å². The van der Waals surface area contributed by atoms with Crippen LogP contribution in [0, 0.1) is 0 Å². The van der Waals surface area contributed by atoms with Crippen molar-refractivity contribution in [1.29, 1.82) is 0 Å². The molecule has 1 atom stereocenters. The van der Waals surface area contributed by atoms with Gasteiger partial charge in [0, 0.05) is 39.4 Å². The molecule has 0 spiro atoms. The van der Waals surface area contributed by atoms with Gasteiger partial charge in [0.2, 0.25) is 0 Å². The topological polar surface area (TPSA) is 74.8 Å². The molecule has 2 rings (SSSR count). The molecule has 1 amide bonds. The number of nitrogens with one attached hydrogen (secondary N) is 3. The summed E-state index contributed by atoms with van der Waals surface area (Å²) >= 11 is 0. The summed E-state index contributed by atoms with van der Waals surface area (Å²) in [5.74, 6) is 0.680. The SMILES string of the molecule is CN=C(NCc1ccc(C(=O)NC)cc1)NCC1CCCO1. The lowest BCUT2D eigenvalue weighted by Gasteiger charge is -2.15. The molecular weight excluding hydrogens is 280 g/mol. The third-order valence-corrected chi connectivity index (χ3v) is 3.65. The molecule has 0 radical (unpaired) electrons. The van der Waals surface area contributed by atoms with Crippen molar-refractivity contribution in [3.05, 3.63) is 35.4 Å². The Labute approximate surface area is 131 Å². The largest absolute Gasteiger partial charge is 0.376 e. The molecule has 1 aromatic rings. The standard InChI is InChI=1S/C16H24N4O2/c1-17-15(21)13-7-5-12(6-8-13)10-19-16(18-2)20-11-14-4-3-9-22-14/h5-8,14H,3-4,9-11H2,1-2H3,(H,17,21)(H2,18,19,20). The van der Waals surface area contributed by atoms with Crippen LogP contribution in [0.3, 0.4) is 0 Å². The summed E-state index contributed by atoms with van der Waals surface area (Å²) in [5.41, 5.74) is 1.75. The Balaban J connectivity index is 1.78. The van der Waals surface area contributed by atoms with Crippen LogP contribution in [0.25, 0.3) is 0 Å². The summed E-state index contributed by atoms with van der Waals surface area (Å²) in [7, 11) is 3.38. The molecule has 1 aliphatic rings. The van der Waals surface area contributed by atoms with E-state index in [9.17, 15) is 4.79 Å². The normalized spacial score (nSPS) is 18.1. The number of nitrogens with zero attached hydrogens (tertiary/aromatic N) is 1. The highest BCUT2D eigenvalue weighted by Gasteiger charge is 2.15. The zero-order chi connectivity index (χ0) is 15.8. The minimum atomic E-state index is -0.0754. The van der Waals surface area contributed by atoms with Crippen molar-refractivity contribution in [3.63, 3.8) is 0 Å². The Kier molecular flexibility index (Phi) is 6.21. The van der Waals surface area contributed by atoms with Gasteiger partial charge in [-0.3, -0.25) is 9.79 Å². The van der Waals surface area contributed by atoms with Crippen molar-refractivity contribution >= 4 is 11.9 Å². The van der Waals surface area contributed by atoms with E-state index in [-0.39, 0.29) is 12.0 Å². The fraction of sp³-hybridized carbons (Fsp3) is 0.500. The number of benzene rings is 1. The highest BCUT2D eigenvalue weighted by molar-refractivity contribution is 5.93. The molecule has 3 N–H and O–H groups in total. The molecule has 0 bridgehead atoms. The molecule has 1 fully saturated rings. The second-order valence-electron chi connectivity index (χ2n) is 5.22. The van der Waals surface area contributed by atoms with Crippen LogP contribution >= 0.6 is 0 Å². The smallest absolute Gasteiger partial charge is 0.251 e. The van der Waals surface area contributed by atoms with E-state index in [2.05, 4.69) is 20.9 Å². The number of hydrogen-bond acceptors (Lipinski definition) is 3. The summed E-state index contributed by atoms with van der Waals surface area (Å²) in [4.78, 5) is 15.7. The first-order valence-corrected chi connectivity index (χ1v) is 7.60. The fourth-order valence-electron chi connectivity index (χ4n) is 2.34. The van der Waals surface area contributed by atoms with E-state index < -0.39 is 0 Å². The zero-order valence-electron chi connectivity index (χ0n) is 13.2. The maximum atomic E-state index is 11.5. The van der Waals surface area contributed by atoms with Crippen LogP contribution in [0.15, 0.2) is 29.3 Å². The number of aliphatic imine (C=N–C) groups is 1. The van der Waals surface area contributed by atoms with Gasteiger partial charge in [0.05, 0.1) is 6.10 Å². The minimum absolute atomic E-state index is 0.0754. The van der Waals surface area contributed by atoms with Gasteiger partial charge >= 0.3 is 0 Å². The summed E-state index contributed by atoms with van der Waals surface area (Å²) in [6.45, 7) is 2.28. The zero-order valence-corrected chi connectivity index (χ0v) is 13.2. The predicted octanol–water partition coefficient (Wildman–Crippen LogP) is 0.890. The molecule has 6 heteroatoms. The molecule has 1 aliphatic heterocycles. The molecule has 0 aliphatic carbocycles. The van der Waals surface area contributed by atoms with Crippen LogP contribution in [0.4, 0.5) is 0 Å². The first kappa shape index (κ1) is 16.3. The first-order valence-electron chi connectivity index (χ1n) is 7.60. The number of amides is 1. The van der Waals surface area contributed by atoms with Gasteiger partial charge in [-0.05, 0) is 30.5 Å². The third kappa shape index (κ3) is 4.73. The monoisotopic (exact) mass is 304 g/mol. The van der Waals surface area contributed by atoms with Crippen LogP contribution < -0.4 is 16.0 Å². The van der Waals surface area contributed by atoms with Gasteiger partial charge in [-0.1, -0.05) is 12.1 Å². The number of rotatable bonds is 5. The number of guanidine groups is 1. The van der Waals surface area contributed by atoms with E-state index in [0.717, 1.165) is 37.5 Å². The van der Waals surface area contributed by atoms with Crippen molar-refractivity contribution in [2.75, 3.05) is 27.2 Å². The lowest BCUT2D eigenvalue weighted by Crippen LogP contribution is -2.40. The van der Waals surface area contributed by atoms with Crippen LogP contribution in [-0.4, -0.2) is 45.2 Å². The predicted molar refractivity (Wildman–Crippen MR) is 87.0 cm³/mol. The molecule has 0 saturated carbocycles. The molecule has 22 heavy (non-hydrogen) atoms. The molecular formula is C16H24N4O2. The van der Waals surface area contributed by atoms with Crippen molar-refractivity contribution in [2.45, 2.75) is 25.5 Å². The Morgan fingerprint density at radius 3 is 2.68 bits per heavy atom. The molecule has 1 aromatic carbocycles. The number of hydrogen-bond donors (Lipinski definition) is 3. The Morgan fingerprint density at radius 2 is 2.09 bits per heavy atom. The van der Waals surface area contributed by atoms with E-state index in [1.165, 1.54) is 0 Å². The molecule has 120 valence electrons. The summed E-state index contributed by atoms with van der Waals surface area (Å²) < 4.78 is 5.57. The average Bonchev–Trinajstić information content (AvgIpc) is 3.08. The summed E-state index contributed by atoms with van der Waals surface area (Å²) in [6, 6.07) is 7.51. The summed E-state index contributed by atoms with van der Waals surface area (Å²) in [5, 5.41) is 9.13. The lowest BCUT2D eigenvalue weighted by molar-refractivity contribution is 0.0963.